The van der Waals surface area contributed by atoms with Crippen LogP contribution in [0.1, 0.15) is 33.0 Å². The van der Waals surface area contributed by atoms with E-state index in [1.165, 1.54) is 0 Å². The molecule has 2 aliphatic rings. The number of esters is 1. The highest BCUT2D eigenvalue weighted by Crippen LogP contribution is 2.55. The fraction of sp³-hybridized carbons (Fsp3) is 0.237. The molecule has 2 fully saturated rings. The van der Waals surface area contributed by atoms with Crippen LogP contribution in [-0.4, -0.2) is 52.5 Å². The average Bonchev–Trinajstić information content (AvgIpc) is 3.08. The van der Waals surface area contributed by atoms with Crippen LogP contribution in [-0.2, 0) is 20.8 Å². The second-order valence-electron chi connectivity index (χ2n) is 11.7. The normalized spacial score (nSPS) is 27.3. The molecule has 7 heteroatoms. The number of benzene rings is 5. The average molecular weight is 603 g/mol. The number of aryl methyl sites for hydroxylation is 1. The van der Waals surface area contributed by atoms with Gasteiger partial charge >= 0.3 is 5.97 Å². The molecule has 0 spiro atoms. The molecular weight excluding hydrogens is 568 g/mol. The van der Waals surface area contributed by atoms with Crippen molar-refractivity contribution >= 4 is 16.7 Å². The van der Waals surface area contributed by atoms with Gasteiger partial charge in [0.1, 0.15) is 17.5 Å². The molecule has 5 aromatic rings. The number of rotatable bonds is 8. The fourth-order valence-electron chi connectivity index (χ4n) is 6.63. The summed E-state index contributed by atoms with van der Waals surface area (Å²) in [5.74, 6) is -0.848. The van der Waals surface area contributed by atoms with E-state index < -0.39 is 48.2 Å². The Balaban J connectivity index is 1.34. The Labute approximate surface area is 261 Å². The second-order valence-corrected chi connectivity index (χ2v) is 11.7. The van der Waals surface area contributed by atoms with Crippen molar-refractivity contribution in [3.8, 4) is 5.75 Å². The molecule has 0 bridgehead atoms. The maximum atomic E-state index is 13.6. The van der Waals surface area contributed by atoms with Gasteiger partial charge in [-0.2, -0.15) is 0 Å². The lowest BCUT2D eigenvalue weighted by Crippen LogP contribution is -2.81. The minimum atomic E-state index is -1.78. The third kappa shape index (κ3) is 5.28. The van der Waals surface area contributed by atoms with Crippen LogP contribution in [0.4, 0.5) is 0 Å². The van der Waals surface area contributed by atoms with Crippen LogP contribution in [0.15, 0.2) is 127 Å². The number of hydrogen-bond donors (Lipinski definition) is 2. The van der Waals surface area contributed by atoms with Crippen LogP contribution in [0.25, 0.3) is 10.8 Å². The van der Waals surface area contributed by atoms with Crippen molar-refractivity contribution in [3.63, 3.8) is 0 Å². The van der Waals surface area contributed by atoms with E-state index in [-0.39, 0.29) is 6.61 Å². The molecule has 1 aliphatic carbocycles. The van der Waals surface area contributed by atoms with Crippen molar-refractivity contribution in [3.05, 3.63) is 150 Å². The first-order valence-corrected chi connectivity index (χ1v) is 15.1. The standard InChI is InChI=1S/C38H34O7/c1-24-21-22-26-15-11-12-20-29(26)32(24)43-35-33(44-36(40)28-18-9-4-10-19-28)37(42-23-25-13-5-2-6-14-25)45-34-31(39)30(38(34,35)41)27-16-7-3-8-17-27/h2-22,30-31,33-35,37,39,41H,23H2,1H3/t30?,31?,33-,34-,35-,37-,38-/m1/s1. The Morgan fingerprint density at radius 3 is 2.20 bits per heavy atom. The lowest BCUT2D eigenvalue weighted by molar-refractivity contribution is -0.383. The molecule has 0 radical (unpaired) electrons. The molecule has 7 atom stereocenters. The molecule has 228 valence electrons. The Bertz CT molecular complexity index is 1780. The SMILES string of the molecule is Cc1ccc2ccccc2c1O[C@@H]1[C@@H](OC(=O)c2ccccc2)[C@H](OCc2ccccc2)O[C@@H]2C(O)C(c3ccccc3)[C@@]21O. The number of hydrogen-bond acceptors (Lipinski definition) is 7. The molecule has 45 heavy (non-hydrogen) atoms. The summed E-state index contributed by atoms with van der Waals surface area (Å²) in [5.41, 5.74) is 0.993. The maximum Gasteiger partial charge on any atom is 0.338 e. The largest absolute Gasteiger partial charge is 0.482 e. The minimum Gasteiger partial charge on any atom is -0.482 e. The van der Waals surface area contributed by atoms with E-state index in [1.807, 2.05) is 110 Å². The van der Waals surface area contributed by atoms with Gasteiger partial charge in [-0.15, -0.1) is 0 Å². The molecular formula is C38H34O7. The van der Waals surface area contributed by atoms with Gasteiger partial charge in [0.15, 0.2) is 18.5 Å². The summed E-state index contributed by atoms with van der Waals surface area (Å²) in [6, 6.07) is 39.3. The molecule has 1 aliphatic heterocycles. The van der Waals surface area contributed by atoms with Crippen LogP contribution in [0.5, 0.6) is 5.75 Å². The molecule has 7 rings (SSSR count). The van der Waals surface area contributed by atoms with Gasteiger partial charge in [0.25, 0.3) is 0 Å². The highest BCUT2D eigenvalue weighted by Gasteiger charge is 2.73. The van der Waals surface area contributed by atoms with Crippen LogP contribution >= 0.6 is 0 Å². The van der Waals surface area contributed by atoms with E-state index in [4.69, 9.17) is 18.9 Å². The zero-order valence-electron chi connectivity index (χ0n) is 24.7. The van der Waals surface area contributed by atoms with Crippen molar-refractivity contribution in [2.45, 2.75) is 55.8 Å². The molecule has 1 saturated carbocycles. The van der Waals surface area contributed by atoms with Crippen molar-refractivity contribution in [2.24, 2.45) is 0 Å². The number of aliphatic hydroxyl groups is 2. The highest BCUT2D eigenvalue weighted by molar-refractivity contribution is 5.90. The van der Waals surface area contributed by atoms with Crippen molar-refractivity contribution in [1.82, 2.24) is 0 Å². The second kappa shape index (κ2) is 12.1. The molecule has 2 unspecified atom stereocenters. The quantitative estimate of drug-likeness (QED) is 0.212. The first-order chi connectivity index (χ1) is 21.9. The molecule has 0 amide bonds. The minimum absolute atomic E-state index is 0.147. The van der Waals surface area contributed by atoms with Gasteiger partial charge in [-0.25, -0.2) is 4.79 Å². The summed E-state index contributed by atoms with van der Waals surface area (Å²) in [7, 11) is 0. The van der Waals surface area contributed by atoms with Gasteiger partial charge < -0.3 is 29.2 Å². The van der Waals surface area contributed by atoms with Gasteiger partial charge in [-0.3, -0.25) is 0 Å². The summed E-state index contributed by atoms with van der Waals surface area (Å²) in [6.45, 7) is 2.08. The first kappa shape index (κ1) is 29.2. The van der Waals surface area contributed by atoms with E-state index in [2.05, 4.69) is 0 Å². The third-order valence-corrected chi connectivity index (χ3v) is 8.90. The summed E-state index contributed by atoms with van der Waals surface area (Å²) >= 11 is 0. The molecule has 0 aromatic heterocycles. The Hall–Kier alpha value is -4.53. The topological polar surface area (TPSA) is 94.5 Å². The van der Waals surface area contributed by atoms with Crippen LogP contribution in [0.3, 0.4) is 0 Å². The fourth-order valence-corrected chi connectivity index (χ4v) is 6.63. The molecule has 1 heterocycles. The summed E-state index contributed by atoms with van der Waals surface area (Å²) in [6.07, 6.45) is -5.68. The predicted molar refractivity (Wildman–Crippen MR) is 169 cm³/mol. The molecule has 5 aromatic carbocycles. The van der Waals surface area contributed by atoms with Crippen molar-refractivity contribution in [1.29, 1.82) is 0 Å². The number of aliphatic hydroxyl groups excluding tert-OH is 1. The first-order valence-electron chi connectivity index (χ1n) is 15.1. The van der Waals surface area contributed by atoms with Gasteiger partial charge in [-0.05, 0) is 41.1 Å². The lowest BCUT2D eigenvalue weighted by atomic mass is 9.57. The van der Waals surface area contributed by atoms with Gasteiger partial charge in [0.05, 0.1) is 18.3 Å². The molecule has 2 N–H and O–H groups in total. The van der Waals surface area contributed by atoms with Crippen molar-refractivity contribution in [2.75, 3.05) is 0 Å². The Kier molecular flexibility index (Phi) is 7.85. The summed E-state index contributed by atoms with van der Waals surface area (Å²) in [5, 5.41) is 26.0. The van der Waals surface area contributed by atoms with E-state index in [0.29, 0.717) is 16.9 Å². The van der Waals surface area contributed by atoms with Crippen molar-refractivity contribution < 1.29 is 34.0 Å². The molecule has 1 saturated heterocycles. The van der Waals surface area contributed by atoms with Gasteiger partial charge in [-0.1, -0.05) is 115 Å². The van der Waals surface area contributed by atoms with E-state index in [9.17, 15) is 15.0 Å². The van der Waals surface area contributed by atoms with E-state index >= 15 is 0 Å². The monoisotopic (exact) mass is 602 g/mol. The number of fused-ring (bicyclic) bond motifs is 2. The Morgan fingerprint density at radius 2 is 1.47 bits per heavy atom. The smallest absolute Gasteiger partial charge is 0.338 e. The van der Waals surface area contributed by atoms with Gasteiger partial charge in [0, 0.05) is 11.3 Å². The molecule has 7 nitrogen and oxygen atoms in total. The summed E-state index contributed by atoms with van der Waals surface area (Å²) in [4.78, 5) is 13.6. The number of ether oxygens (including phenoxy) is 4. The maximum absolute atomic E-state index is 13.6. The highest BCUT2D eigenvalue weighted by atomic mass is 16.7. The van der Waals surface area contributed by atoms with E-state index in [0.717, 1.165) is 21.9 Å². The van der Waals surface area contributed by atoms with E-state index in [1.54, 1.807) is 24.3 Å². The predicted octanol–water partition coefficient (Wildman–Crippen LogP) is 5.95. The third-order valence-electron chi connectivity index (χ3n) is 8.90. The number of carbonyl (C=O) groups is 1. The van der Waals surface area contributed by atoms with Crippen LogP contribution in [0, 0.1) is 6.92 Å². The lowest BCUT2D eigenvalue weighted by Gasteiger charge is -2.62. The zero-order valence-corrected chi connectivity index (χ0v) is 24.7. The van der Waals surface area contributed by atoms with Crippen LogP contribution in [0.2, 0.25) is 0 Å². The summed E-state index contributed by atoms with van der Waals surface area (Å²) < 4.78 is 25.7. The zero-order chi connectivity index (χ0) is 31.0. The van der Waals surface area contributed by atoms with Gasteiger partial charge in [0.2, 0.25) is 0 Å². The number of carbonyl (C=O) groups excluding carboxylic acids is 1. The Morgan fingerprint density at radius 1 is 0.822 bits per heavy atom. The van der Waals surface area contributed by atoms with Crippen LogP contribution < -0.4 is 4.74 Å².